The van der Waals surface area contributed by atoms with Crippen LogP contribution in [0.4, 0.5) is 0 Å². The highest BCUT2D eigenvalue weighted by Crippen LogP contribution is 2.33. The molecule has 2 heterocycles. The molecule has 1 aliphatic carbocycles. The molecular weight excluding hydrogens is 374 g/mol. The smallest absolute Gasteiger partial charge is 0.230 e. The normalized spacial score (nSPS) is 15.1. The van der Waals surface area contributed by atoms with Gasteiger partial charge < -0.3 is 5.32 Å². The van der Waals surface area contributed by atoms with Gasteiger partial charge in [-0.25, -0.2) is 9.97 Å². The predicted octanol–water partition coefficient (Wildman–Crippen LogP) is 5.15. The Morgan fingerprint density at radius 1 is 1.11 bits per heavy atom. The first kappa shape index (κ1) is 18.4. The summed E-state index contributed by atoms with van der Waals surface area (Å²) in [6.45, 7) is 0.592. The van der Waals surface area contributed by atoms with Crippen molar-refractivity contribution >= 4 is 39.9 Å². The van der Waals surface area contributed by atoms with E-state index in [9.17, 15) is 4.79 Å². The van der Waals surface area contributed by atoms with Gasteiger partial charge in [-0.3, -0.25) is 4.79 Å². The summed E-state index contributed by atoms with van der Waals surface area (Å²) in [5.41, 5.74) is 0.981. The lowest BCUT2D eigenvalue weighted by Gasteiger charge is -2.21. The molecule has 27 heavy (non-hydrogen) atoms. The summed E-state index contributed by atoms with van der Waals surface area (Å²) in [7, 11) is 0. The van der Waals surface area contributed by atoms with Crippen molar-refractivity contribution in [3.8, 4) is 0 Å². The van der Waals surface area contributed by atoms with Gasteiger partial charge in [0.05, 0.1) is 17.8 Å². The topological polar surface area (TPSA) is 54.9 Å². The van der Waals surface area contributed by atoms with Crippen molar-refractivity contribution in [1.82, 2.24) is 15.3 Å². The van der Waals surface area contributed by atoms with E-state index in [4.69, 9.17) is 9.97 Å². The molecule has 4 rings (SSSR count). The van der Waals surface area contributed by atoms with Gasteiger partial charge in [-0.1, -0.05) is 55.3 Å². The minimum atomic E-state index is 0.0373. The quantitative estimate of drug-likeness (QED) is 0.462. The van der Waals surface area contributed by atoms with E-state index < -0.39 is 0 Å². The highest BCUT2D eigenvalue weighted by molar-refractivity contribution is 8.00. The fourth-order valence-corrected chi connectivity index (χ4v) is 5.00. The number of benzene rings is 1. The number of hydrogen-bond acceptors (Lipinski definition) is 5. The molecule has 6 heteroatoms. The average Bonchev–Trinajstić information content (AvgIpc) is 3.24. The van der Waals surface area contributed by atoms with Gasteiger partial charge in [0, 0.05) is 16.2 Å². The van der Waals surface area contributed by atoms with Crippen LogP contribution in [0.5, 0.6) is 0 Å². The SMILES string of the molecule is O=C(CSc1nc(C2CCCCC2)nc2ccccc12)NCc1cccs1. The van der Waals surface area contributed by atoms with Crippen LogP contribution in [-0.2, 0) is 11.3 Å². The number of nitrogens with zero attached hydrogens (tertiary/aromatic N) is 2. The maximum atomic E-state index is 12.3. The average molecular weight is 398 g/mol. The Hall–Kier alpha value is -1.92. The molecule has 1 saturated carbocycles. The third-order valence-corrected chi connectivity index (χ3v) is 6.80. The minimum absolute atomic E-state index is 0.0373. The fourth-order valence-electron chi connectivity index (χ4n) is 3.50. The van der Waals surface area contributed by atoms with E-state index in [0.29, 0.717) is 18.2 Å². The van der Waals surface area contributed by atoms with Crippen LogP contribution >= 0.6 is 23.1 Å². The number of nitrogens with one attached hydrogen (secondary N) is 1. The number of amides is 1. The van der Waals surface area contributed by atoms with Crippen LogP contribution in [-0.4, -0.2) is 21.6 Å². The van der Waals surface area contributed by atoms with Crippen molar-refractivity contribution in [3.05, 3.63) is 52.5 Å². The second-order valence-electron chi connectivity index (χ2n) is 6.88. The molecule has 1 amide bonds. The van der Waals surface area contributed by atoms with Crippen LogP contribution in [0.1, 0.15) is 48.7 Å². The van der Waals surface area contributed by atoms with Crippen LogP contribution in [0.3, 0.4) is 0 Å². The van der Waals surface area contributed by atoms with Crippen molar-refractivity contribution in [2.24, 2.45) is 0 Å². The molecular formula is C21H23N3OS2. The molecule has 0 bridgehead atoms. The lowest BCUT2D eigenvalue weighted by atomic mass is 9.88. The van der Waals surface area contributed by atoms with E-state index in [1.165, 1.54) is 48.7 Å². The van der Waals surface area contributed by atoms with Crippen molar-refractivity contribution < 1.29 is 4.79 Å². The van der Waals surface area contributed by atoms with Crippen molar-refractivity contribution in [1.29, 1.82) is 0 Å². The number of carbonyl (C=O) groups excluding carboxylic acids is 1. The van der Waals surface area contributed by atoms with Crippen LogP contribution in [0, 0.1) is 0 Å². The third-order valence-electron chi connectivity index (χ3n) is 4.94. The Bertz CT molecular complexity index is 905. The van der Waals surface area contributed by atoms with Crippen molar-refractivity contribution in [3.63, 3.8) is 0 Å². The first-order chi connectivity index (χ1) is 13.3. The largest absolute Gasteiger partial charge is 0.350 e. The van der Waals surface area contributed by atoms with E-state index in [0.717, 1.165) is 21.8 Å². The summed E-state index contributed by atoms with van der Waals surface area (Å²) in [5, 5.41) is 6.97. The Morgan fingerprint density at radius 3 is 2.78 bits per heavy atom. The molecule has 0 atom stereocenters. The number of para-hydroxylation sites is 1. The lowest BCUT2D eigenvalue weighted by Crippen LogP contribution is -2.24. The first-order valence-electron chi connectivity index (χ1n) is 9.48. The summed E-state index contributed by atoms with van der Waals surface area (Å²) >= 11 is 3.17. The number of rotatable bonds is 6. The zero-order valence-corrected chi connectivity index (χ0v) is 16.8. The lowest BCUT2D eigenvalue weighted by molar-refractivity contribution is -0.118. The number of thiophene rings is 1. The van der Waals surface area contributed by atoms with Gasteiger partial charge in [-0.2, -0.15) is 0 Å². The van der Waals surface area contributed by atoms with Gasteiger partial charge in [0.25, 0.3) is 0 Å². The Kier molecular flexibility index (Phi) is 6.04. The van der Waals surface area contributed by atoms with E-state index in [1.54, 1.807) is 11.3 Å². The molecule has 140 valence electrons. The third kappa shape index (κ3) is 4.68. The highest BCUT2D eigenvalue weighted by Gasteiger charge is 2.20. The number of fused-ring (bicyclic) bond motifs is 1. The van der Waals surface area contributed by atoms with E-state index in [1.807, 2.05) is 41.8 Å². The zero-order chi connectivity index (χ0) is 18.5. The summed E-state index contributed by atoms with van der Waals surface area (Å²) in [6.07, 6.45) is 6.17. The molecule has 0 saturated heterocycles. The van der Waals surface area contributed by atoms with Crippen LogP contribution in [0.25, 0.3) is 10.9 Å². The minimum Gasteiger partial charge on any atom is -0.350 e. The molecule has 4 nitrogen and oxygen atoms in total. The van der Waals surface area contributed by atoms with Gasteiger partial charge >= 0.3 is 0 Å². The Morgan fingerprint density at radius 2 is 1.96 bits per heavy atom. The number of thioether (sulfide) groups is 1. The summed E-state index contributed by atoms with van der Waals surface area (Å²) in [4.78, 5) is 23.1. The molecule has 1 aromatic carbocycles. The van der Waals surface area contributed by atoms with Gasteiger partial charge in [0.1, 0.15) is 10.9 Å². The van der Waals surface area contributed by atoms with Crippen molar-refractivity contribution in [2.45, 2.75) is 49.6 Å². The predicted molar refractivity (Wildman–Crippen MR) is 112 cm³/mol. The van der Waals surface area contributed by atoms with E-state index in [2.05, 4.69) is 5.32 Å². The fraction of sp³-hybridized carbons (Fsp3) is 0.381. The molecule has 0 spiro atoms. The molecule has 1 fully saturated rings. The molecule has 3 aromatic rings. The zero-order valence-electron chi connectivity index (χ0n) is 15.2. The monoisotopic (exact) mass is 397 g/mol. The van der Waals surface area contributed by atoms with Gasteiger partial charge in [0.15, 0.2) is 0 Å². The van der Waals surface area contributed by atoms with Gasteiger partial charge in [-0.05, 0) is 30.4 Å². The van der Waals surface area contributed by atoms with Crippen LogP contribution in [0.2, 0.25) is 0 Å². The maximum Gasteiger partial charge on any atom is 0.230 e. The Balaban J connectivity index is 1.48. The Labute approximate surface area is 167 Å². The second-order valence-corrected chi connectivity index (χ2v) is 8.88. The summed E-state index contributed by atoms with van der Waals surface area (Å²) < 4.78 is 0. The number of carbonyl (C=O) groups is 1. The molecule has 0 unspecified atom stereocenters. The first-order valence-corrected chi connectivity index (χ1v) is 11.3. The maximum absolute atomic E-state index is 12.3. The molecule has 1 N–H and O–H groups in total. The standard InChI is InChI=1S/C21H23N3OS2/c25-19(22-13-16-9-6-12-26-16)14-27-21-17-10-4-5-11-18(17)23-20(24-21)15-7-2-1-3-8-15/h4-6,9-12,15H,1-3,7-8,13-14H2,(H,22,25). The summed E-state index contributed by atoms with van der Waals surface area (Å²) in [6, 6.07) is 12.2. The summed E-state index contributed by atoms with van der Waals surface area (Å²) in [5.74, 6) is 1.82. The molecule has 0 radical (unpaired) electrons. The van der Waals surface area contributed by atoms with Gasteiger partial charge in [-0.15, -0.1) is 11.3 Å². The number of hydrogen-bond donors (Lipinski definition) is 1. The van der Waals surface area contributed by atoms with Gasteiger partial charge in [0.2, 0.25) is 5.91 Å². The highest BCUT2D eigenvalue weighted by atomic mass is 32.2. The molecule has 1 aliphatic rings. The van der Waals surface area contributed by atoms with Crippen LogP contribution in [0.15, 0.2) is 46.8 Å². The number of aromatic nitrogens is 2. The second kappa shape index (κ2) is 8.85. The molecule has 2 aromatic heterocycles. The van der Waals surface area contributed by atoms with Crippen molar-refractivity contribution in [2.75, 3.05) is 5.75 Å². The van der Waals surface area contributed by atoms with E-state index >= 15 is 0 Å². The van der Waals surface area contributed by atoms with Crippen LogP contribution < -0.4 is 5.32 Å². The van der Waals surface area contributed by atoms with E-state index in [-0.39, 0.29) is 5.91 Å². The molecule has 0 aliphatic heterocycles.